The summed E-state index contributed by atoms with van der Waals surface area (Å²) < 4.78 is 10.3. The third kappa shape index (κ3) is 3.16. The summed E-state index contributed by atoms with van der Waals surface area (Å²) in [5, 5.41) is 7.63. The summed E-state index contributed by atoms with van der Waals surface area (Å²) in [4.78, 5) is 25.2. The molecule has 0 spiro atoms. The summed E-state index contributed by atoms with van der Waals surface area (Å²) >= 11 is 0. The number of carbonyl (C=O) groups excluding carboxylic acids is 1. The molecule has 4 heterocycles. The number of anilines is 1. The molecule has 1 saturated carbocycles. The van der Waals surface area contributed by atoms with E-state index in [1.54, 1.807) is 17.2 Å². The second kappa shape index (κ2) is 6.49. The van der Waals surface area contributed by atoms with Crippen molar-refractivity contribution in [2.24, 2.45) is 0 Å². The molecule has 0 aromatic carbocycles. The van der Waals surface area contributed by atoms with Gasteiger partial charge in [-0.1, -0.05) is 10.3 Å². The third-order valence-corrected chi connectivity index (χ3v) is 4.91. The van der Waals surface area contributed by atoms with Crippen molar-refractivity contribution in [1.29, 1.82) is 0 Å². The Morgan fingerprint density at radius 2 is 1.93 bits per heavy atom. The zero-order chi connectivity index (χ0) is 18.2. The molecule has 138 valence electrons. The summed E-state index contributed by atoms with van der Waals surface area (Å²) in [7, 11) is 0. The molecule has 2 fully saturated rings. The first-order chi connectivity index (χ1) is 13.3. The second-order valence-electron chi connectivity index (χ2n) is 6.79. The minimum absolute atomic E-state index is 0.126. The Bertz CT molecular complexity index is 924. The highest BCUT2D eigenvalue weighted by atomic mass is 16.5. The number of carbonyl (C=O) groups is 1. The average Bonchev–Trinajstić information content (AvgIpc) is 3.22. The first-order valence-corrected chi connectivity index (χ1v) is 9.03. The van der Waals surface area contributed by atoms with Crippen molar-refractivity contribution in [3.8, 4) is 11.4 Å². The van der Waals surface area contributed by atoms with Crippen molar-refractivity contribution in [2.45, 2.75) is 18.8 Å². The molecule has 9 nitrogen and oxygen atoms in total. The van der Waals surface area contributed by atoms with Gasteiger partial charge in [0.1, 0.15) is 5.82 Å². The highest BCUT2D eigenvalue weighted by Gasteiger charge is 2.30. The number of hydrogen-bond acceptors (Lipinski definition) is 8. The molecule has 9 heteroatoms. The highest BCUT2D eigenvalue weighted by molar-refractivity contribution is 5.91. The zero-order valence-electron chi connectivity index (χ0n) is 14.6. The number of amides is 1. The Balaban J connectivity index is 1.22. The fourth-order valence-corrected chi connectivity index (χ4v) is 3.17. The van der Waals surface area contributed by atoms with Crippen molar-refractivity contribution in [2.75, 3.05) is 31.1 Å². The Morgan fingerprint density at radius 1 is 1.07 bits per heavy atom. The van der Waals surface area contributed by atoms with Gasteiger partial charge in [0.05, 0.1) is 6.20 Å². The number of aromatic nitrogens is 4. The van der Waals surface area contributed by atoms with Crippen LogP contribution in [0.2, 0.25) is 0 Å². The fraction of sp³-hybridized carbons (Fsp3) is 0.389. The van der Waals surface area contributed by atoms with Crippen molar-refractivity contribution < 1.29 is 13.8 Å². The summed E-state index contributed by atoms with van der Waals surface area (Å²) in [5.74, 6) is 2.77. The van der Waals surface area contributed by atoms with Crippen molar-refractivity contribution in [3.05, 3.63) is 42.2 Å². The van der Waals surface area contributed by atoms with Crippen LogP contribution in [-0.4, -0.2) is 57.3 Å². The normalized spacial score (nSPS) is 17.3. The summed E-state index contributed by atoms with van der Waals surface area (Å²) in [6.45, 7) is 2.64. The summed E-state index contributed by atoms with van der Waals surface area (Å²) in [5.41, 5.74) is 0.841. The van der Waals surface area contributed by atoms with Crippen LogP contribution in [0.15, 0.2) is 39.6 Å². The van der Waals surface area contributed by atoms with Gasteiger partial charge in [-0.3, -0.25) is 4.79 Å². The molecule has 3 aromatic heterocycles. The SMILES string of the molecule is O=C(c1ccno1)N1CCN(c2ccc(-c3noc(C4CC4)n3)cn2)CC1. The van der Waals surface area contributed by atoms with E-state index in [-0.39, 0.29) is 11.7 Å². The van der Waals surface area contributed by atoms with E-state index in [1.165, 1.54) is 6.20 Å². The number of hydrogen-bond donors (Lipinski definition) is 0. The Hall–Kier alpha value is -3.23. The lowest BCUT2D eigenvalue weighted by Gasteiger charge is -2.34. The van der Waals surface area contributed by atoms with Crippen LogP contribution in [0, 0.1) is 0 Å². The van der Waals surface area contributed by atoms with Gasteiger partial charge in [-0.05, 0) is 25.0 Å². The van der Waals surface area contributed by atoms with Crippen LogP contribution >= 0.6 is 0 Å². The molecular weight excluding hydrogens is 348 g/mol. The van der Waals surface area contributed by atoms with Gasteiger partial charge in [0.2, 0.25) is 17.5 Å². The van der Waals surface area contributed by atoms with Crippen LogP contribution in [0.25, 0.3) is 11.4 Å². The minimum Gasteiger partial charge on any atom is -0.353 e. The van der Waals surface area contributed by atoms with Crippen molar-refractivity contribution >= 4 is 11.7 Å². The van der Waals surface area contributed by atoms with Crippen LogP contribution in [0.5, 0.6) is 0 Å². The second-order valence-corrected chi connectivity index (χ2v) is 6.79. The molecule has 27 heavy (non-hydrogen) atoms. The van der Waals surface area contributed by atoms with Crippen LogP contribution in [0.1, 0.15) is 35.2 Å². The summed E-state index contributed by atoms with van der Waals surface area (Å²) in [6.07, 6.45) is 5.50. The van der Waals surface area contributed by atoms with Crippen LogP contribution in [0.3, 0.4) is 0 Å². The van der Waals surface area contributed by atoms with E-state index < -0.39 is 0 Å². The van der Waals surface area contributed by atoms with E-state index >= 15 is 0 Å². The molecule has 1 saturated heterocycles. The molecular formula is C18H18N6O3. The molecule has 2 aliphatic rings. The van der Waals surface area contributed by atoms with E-state index in [0.717, 1.165) is 30.1 Å². The quantitative estimate of drug-likeness (QED) is 0.691. The topological polar surface area (TPSA) is 101 Å². The Kier molecular flexibility index (Phi) is 3.84. The molecule has 0 unspecified atom stereocenters. The lowest BCUT2D eigenvalue weighted by Crippen LogP contribution is -2.49. The Morgan fingerprint density at radius 3 is 2.59 bits per heavy atom. The van der Waals surface area contributed by atoms with E-state index in [4.69, 9.17) is 9.05 Å². The van der Waals surface area contributed by atoms with Crippen LogP contribution < -0.4 is 4.90 Å². The predicted octanol–water partition coefficient (Wildman–Crippen LogP) is 1.96. The van der Waals surface area contributed by atoms with Gasteiger partial charge in [-0.15, -0.1) is 0 Å². The number of nitrogens with zero attached hydrogens (tertiary/aromatic N) is 6. The molecule has 3 aromatic rings. The molecule has 0 atom stereocenters. The maximum Gasteiger partial charge on any atom is 0.292 e. The molecule has 1 aliphatic heterocycles. The lowest BCUT2D eigenvalue weighted by molar-refractivity contribution is 0.0704. The van der Waals surface area contributed by atoms with Gasteiger partial charge < -0.3 is 18.8 Å². The standard InChI is InChI=1S/C18H18N6O3/c25-18(14-5-6-20-26-14)24-9-7-23(8-10-24)15-4-3-13(11-19-15)16-21-17(27-22-16)12-1-2-12/h3-6,11-12H,1-2,7-10H2. The molecule has 0 radical (unpaired) electrons. The van der Waals surface area contributed by atoms with E-state index in [2.05, 4.69) is 25.2 Å². The molecule has 0 bridgehead atoms. The summed E-state index contributed by atoms with van der Waals surface area (Å²) in [6, 6.07) is 5.49. The van der Waals surface area contributed by atoms with Gasteiger partial charge >= 0.3 is 0 Å². The van der Waals surface area contributed by atoms with Gasteiger partial charge in [-0.25, -0.2) is 4.98 Å². The number of pyridine rings is 1. The van der Waals surface area contributed by atoms with Crippen molar-refractivity contribution in [3.63, 3.8) is 0 Å². The van der Waals surface area contributed by atoms with Crippen LogP contribution in [0.4, 0.5) is 5.82 Å². The molecule has 1 aliphatic carbocycles. The first kappa shape index (κ1) is 16.0. The van der Waals surface area contributed by atoms with Gasteiger partial charge in [-0.2, -0.15) is 4.98 Å². The largest absolute Gasteiger partial charge is 0.353 e. The fourth-order valence-electron chi connectivity index (χ4n) is 3.17. The highest BCUT2D eigenvalue weighted by Crippen LogP contribution is 2.39. The first-order valence-electron chi connectivity index (χ1n) is 9.03. The number of rotatable bonds is 4. The zero-order valence-corrected chi connectivity index (χ0v) is 14.6. The van der Waals surface area contributed by atoms with Crippen LogP contribution in [-0.2, 0) is 0 Å². The third-order valence-electron chi connectivity index (χ3n) is 4.91. The van der Waals surface area contributed by atoms with Crippen molar-refractivity contribution in [1.82, 2.24) is 25.2 Å². The van der Waals surface area contributed by atoms with Gasteiger partial charge in [0, 0.05) is 49.9 Å². The number of piperazine rings is 1. The van der Waals surface area contributed by atoms with Gasteiger partial charge in [0.15, 0.2) is 0 Å². The van der Waals surface area contributed by atoms with E-state index in [0.29, 0.717) is 37.9 Å². The van der Waals surface area contributed by atoms with E-state index in [9.17, 15) is 4.79 Å². The monoisotopic (exact) mass is 366 g/mol. The molecule has 5 rings (SSSR count). The average molecular weight is 366 g/mol. The maximum absolute atomic E-state index is 12.3. The predicted molar refractivity (Wildman–Crippen MR) is 94.1 cm³/mol. The Labute approximate surface area is 155 Å². The van der Waals surface area contributed by atoms with Gasteiger partial charge in [0.25, 0.3) is 5.91 Å². The maximum atomic E-state index is 12.3. The smallest absolute Gasteiger partial charge is 0.292 e. The molecule has 1 amide bonds. The minimum atomic E-state index is -0.126. The molecule has 0 N–H and O–H groups in total. The van der Waals surface area contributed by atoms with E-state index in [1.807, 2.05) is 12.1 Å². The lowest BCUT2D eigenvalue weighted by atomic mass is 10.2.